The summed E-state index contributed by atoms with van der Waals surface area (Å²) in [6.45, 7) is 3.36. The zero-order valence-electron chi connectivity index (χ0n) is 4.57. The zero-order valence-corrected chi connectivity index (χ0v) is 5.39. The molecule has 1 N–H and O–H groups in total. The standard InChI is InChI=1S/C5H5NO2S/c1-2-6-3-4(7)9-5(6)8/h2-3,7H,1H2. The lowest BCUT2D eigenvalue weighted by Gasteiger charge is -1.81. The summed E-state index contributed by atoms with van der Waals surface area (Å²) in [5.74, 6) is 0. The van der Waals surface area contributed by atoms with Crippen molar-refractivity contribution >= 4 is 17.5 Å². The van der Waals surface area contributed by atoms with E-state index in [1.165, 1.54) is 17.0 Å². The van der Waals surface area contributed by atoms with Gasteiger partial charge in [0.2, 0.25) is 0 Å². The number of hydrogen-bond donors (Lipinski definition) is 1. The van der Waals surface area contributed by atoms with Crippen molar-refractivity contribution in [3.63, 3.8) is 0 Å². The second kappa shape index (κ2) is 2.06. The summed E-state index contributed by atoms with van der Waals surface area (Å²) in [5, 5.41) is 8.73. The van der Waals surface area contributed by atoms with Gasteiger partial charge in [-0.25, -0.2) is 0 Å². The summed E-state index contributed by atoms with van der Waals surface area (Å²) >= 11 is 0.786. The fourth-order valence-electron chi connectivity index (χ4n) is 0.467. The second-order valence-corrected chi connectivity index (χ2v) is 2.40. The molecule has 9 heavy (non-hydrogen) atoms. The Kier molecular flexibility index (Phi) is 1.40. The van der Waals surface area contributed by atoms with E-state index in [2.05, 4.69) is 6.58 Å². The van der Waals surface area contributed by atoms with Crippen LogP contribution in [0.15, 0.2) is 17.6 Å². The van der Waals surface area contributed by atoms with Crippen LogP contribution in [0.5, 0.6) is 5.06 Å². The molecule has 0 fully saturated rings. The van der Waals surface area contributed by atoms with Crippen LogP contribution in [0.1, 0.15) is 0 Å². The first-order chi connectivity index (χ1) is 4.24. The van der Waals surface area contributed by atoms with E-state index in [4.69, 9.17) is 5.11 Å². The molecule has 0 spiro atoms. The fraction of sp³-hybridized carbons (Fsp3) is 0. The van der Waals surface area contributed by atoms with Crippen molar-refractivity contribution in [2.45, 2.75) is 0 Å². The Hall–Kier alpha value is -1.03. The minimum atomic E-state index is -0.220. The third-order valence-electron chi connectivity index (χ3n) is 0.849. The summed E-state index contributed by atoms with van der Waals surface area (Å²) in [7, 11) is 0. The number of aromatic hydroxyl groups is 1. The van der Waals surface area contributed by atoms with E-state index in [-0.39, 0.29) is 9.94 Å². The maximum Gasteiger partial charge on any atom is 0.314 e. The van der Waals surface area contributed by atoms with Crippen LogP contribution < -0.4 is 4.87 Å². The molecule has 4 heteroatoms. The van der Waals surface area contributed by atoms with E-state index < -0.39 is 0 Å². The van der Waals surface area contributed by atoms with Gasteiger partial charge in [0.25, 0.3) is 0 Å². The van der Waals surface area contributed by atoms with Gasteiger partial charge in [-0.3, -0.25) is 9.36 Å². The van der Waals surface area contributed by atoms with Crippen molar-refractivity contribution in [3.8, 4) is 5.06 Å². The molecule has 0 atom stereocenters. The molecular formula is C5H5NO2S. The van der Waals surface area contributed by atoms with Gasteiger partial charge < -0.3 is 5.11 Å². The molecule has 1 aromatic rings. The van der Waals surface area contributed by atoms with E-state index in [0.29, 0.717) is 0 Å². The first-order valence-corrected chi connectivity index (χ1v) is 3.09. The molecule has 0 aliphatic heterocycles. The van der Waals surface area contributed by atoms with E-state index in [0.717, 1.165) is 11.3 Å². The predicted molar refractivity (Wildman–Crippen MR) is 36.6 cm³/mol. The van der Waals surface area contributed by atoms with Crippen LogP contribution >= 0.6 is 11.3 Å². The van der Waals surface area contributed by atoms with Gasteiger partial charge in [0, 0.05) is 6.20 Å². The largest absolute Gasteiger partial charge is 0.498 e. The van der Waals surface area contributed by atoms with Gasteiger partial charge in [-0.1, -0.05) is 6.58 Å². The lowest BCUT2D eigenvalue weighted by atomic mass is 10.8. The van der Waals surface area contributed by atoms with Crippen molar-refractivity contribution in [2.24, 2.45) is 0 Å². The zero-order chi connectivity index (χ0) is 6.85. The molecule has 0 amide bonds. The molecule has 1 heterocycles. The summed E-state index contributed by atoms with van der Waals surface area (Å²) in [6.07, 6.45) is 2.67. The molecule has 0 saturated carbocycles. The summed E-state index contributed by atoms with van der Waals surface area (Å²) in [5.41, 5.74) is 0. The Morgan fingerprint density at radius 2 is 2.56 bits per heavy atom. The van der Waals surface area contributed by atoms with Crippen LogP contribution in [0.3, 0.4) is 0 Å². The van der Waals surface area contributed by atoms with E-state index >= 15 is 0 Å². The maximum absolute atomic E-state index is 10.6. The minimum Gasteiger partial charge on any atom is -0.498 e. The van der Waals surface area contributed by atoms with Crippen LogP contribution in [0.25, 0.3) is 6.20 Å². The van der Waals surface area contributed by atoms with E-state index in [1.54, 1.807) is 0 Å². The lowest BCUT2D eigenvalue weighted by Crippen LogP contribution is -2.03. The molecular weight excluding hydrogens is 138 g/mol. The van der Waals surface area contributed by atoms with Gasteiger partial charge in [-0.2, -0.15) is 0 Å². The third-order valence-corrected chi connectivity index (χ3v) is 1.55. The van der Waals surface area contributed by atoms with Crippen molar-refractivity contribution in [3.05, 3.63) is 22.4 Å². The highest BCUT2D eigenvalue weighted by atomic mass is 32.1. The summed E-state index contributed by atoms with van der Waals surface area (Å²) in [4.78, 5) is 10.4. The van der Waals surface area contributed by atoms with E-state index in [1.807, 2.05) is 0 Å². The van der Waals surface area contributed by atoms with Gasteiger partial charge in [0.1, 0.15) is 0 Å². The normalized spacial score (nSPS) is 9.33. The molecule has 0 unspecified atom stereocenters. The van der Waals surface area contributed by atoms with Crippen molar-refractivity contribution in [1.29, 1.82) is 0 Å². The van der Waals surface area contributed by atoms with Crippen molar-refractivity contribution < 1.29 is 5.11 Å². The van der Waals surface area contributed by atoms with Crippen LogP contribution in [0.2, 0.25) is 0 Å². The highest BCUT2D eigenvalue weighted by Crippen LogP contribution is 2.09. The van der Waals surface area contributed by atoms with Gasteiger partial charge in [-0.15, -0.1) is 0 Å². The minimum absolute atomic E-state index is 0.0138. The number of hydrogen-bond acceptors (Lipinski definition) is 3. The Bertz CT molecular complexity index is 273. The number of aromatic nitrogens is 1. The second-order valence-electron chi connectivity index (χ2n) is 1.43. The predicted octanol–water partition coefficient (Wildman–Crippen LogP) is 0.716. The molecule has 0 aliphatic rings. The van der Waals surface area contributed by atoms with Gasteiger partial charge in [-0.05, 0) is 11.3 Å². The summed E-state index contributed by atoms with van der Waals surface area (Å²) in [6, 6.07) is 0. The number of nitrogens with zero attached hydrogens (tertiary/aromatic N) is 1. The molecule has 0 radical (unpaired) electrons. The van der Waals surface area contributed by atoms with Crippen LogP contribution in [0, 0.1) is 0 Å². The Balaban J connectivity index is 3.32. The number of rotatable bonds is 1. The first kappa shape index (κ1) is 6.10. The monoisotopic (exact) mass is 143 g/mol. The number of thiazole rings is 1. The molecule has 3 nitrogen and oxygen atoms in total. The van der Waals surface area contributed by atoms with Crippen molar-refractivity contribution in [1.82, 2.24) is 4.57 Å². The van der Waals surface area contributed by atoms with Crippen LogP contribution in [-0.2, 0) is 0 Å². The molecule has 0 bridgehead atoms. The molecule has 0 aromatic carbocycles. The molecule has 0 saturated heterocycles. The van der Waals surface area contributed by atoms with E-state index in [9.17, 15) is 4.79 Å². The Morgan fingerprint density at radius 1 is 1.89 bits per heavy atom. The average molecular weight is 143 g/mol. The quantitative estimate of drug-likeness (QED) is 0.629. The summed E-state index contributed by atoms with van der Waals surface area (Å²) < 4.78 is 1.22. The van der Waals surface area contributed by atoms with Crippen LogP contribution in [-0.4, -0.2) is 9.67 Å². The van der Waals surface area contributed by atoms with Gasteiger partial charge in [0.15, 0.2) is 5.06 Å². The fourth-order valence-corrected chi connectivity index (χ4v) is 1.05. The van der Waals surface area contributed by atoms with Gasteiger partial charge in [0.05, 0.1) is 6.20 Å². The first-order valence-electron chi connectivity index (χ1n) is 2.27. The van der Waals surface area contributed by atoms with Crippen LogP contribution in [0.4, 0.5) is 0 Å². The molecule has 0 aliphatic carbocycles. The van der Waals surface area contributed by atoms with Crippen molar-refractivity contribution in [2.75, 3.05) is 0 Å². The van der Waals surface area contributed by atoms with Gasteiger partial charge >= 0.3 is 4.87 Å². The smallest absolute Gasteiger partial charge is 0.314 e. The Labute approximate surface area is 55.5 Å². The average Bonchev–Trinajstić information content (AvgIpc) is 2.10. The molecule has 1 aromatic heterocycles. The third kappa shape index (κ3) is 1.02. The highest BCUT2D eigenvalue weighted by Gasteiger charge is 1.95. The maximum atomic E-state index is 10.6. The SMILES string of the molecule is C=Cn1cc(O)sc1=O. The molecule has 48 valence electrons. The highest BCUT2D eigenvalue weighted by molar-refractivity contribution is 7.11. The Morgan fingerprint density at radius 3 is 2.78 bits per heavy atom. The topological polar surface area (TPSA) is 42.2 Å². The molecule has 1 rings (SSSR count). The lowest BCUT2D eigenvalue weighted by molar-refractivity contribution is 0.488.